The Hall–Kier alpha value is -1.18. The van der Waals surface area contributed by atoms with Gasteiger partial charge in [-0.05, 0) is 20.8 Å². The third-order valence-electron chi connectivity index (χ3n) is 1.65. The molecule has 0 fully saturated rings. The fourth-order valence-electron chi connectivity index (χ4n) is 0.897. The lowest BCUT2D eigenvalue weighted by Crippen LogP contribution is -2.21. The van der Waals surface area contributed by atoms with E-state index in [9.17, 15) is 9.59 Å². The Morgan fingerprint density at radius 1 is 1.05 bits per heavy atom. The minimum atomic E-state index is -1.37. The first-order chi connectivity index (χ1) is 9.01. The number of hydrogen-bond donors (Lipinski definition) is 2. The number of aliphatic hydroxyl groups excluding tert-OH is 2. The summed E-state index contributed by atoms with van der Waals surface area (Å²) in [6.45, 7) is 7.17. The normalized spacial score (nSPS) is 11.0. The van der Waals surface area contributed by atoms with Crippen LogP contribution in [0.3, 0.4) is 0 Å². The molecule has 0 aliphatic rings. The topological polar surface area (TPSA) is 102 Å². The lowest BCUT2D eigenvalue weighted by molar-refractivity contribution is -0.173. The van der Waals surface area contributed by atoms with Crippen LogP contribution in [-0.4, -0.2) is 54.9 Å². The zero-order valence-electron chi connectivity index (χ0n) is 11.8. The van der Waals surface area contributed by atoms with Crippen LogP contribution >= 0.6 is 0 Å². The molecule has 2 N–H and O–H groups in total. The molecular formula is C12H24O7. The van der Waals surface area contributed by atoms with Crippen LogP contribution in [0.4, 0.5) is 0 Å². The average Bonchev–Trinajstić information content (AvgIpc) is 2.30. The van der Waals surface area contributed by atoms with Crippen LogP contribution < -0.4 is 0 Å². The molecule has 0 spiro atoms. The highest BCUT2D eigenvalue weighted by Gasteiger charge is 2.15. The van der Waals surface area contributed by atoms with E-state index in [0.29, 0.717) is 0 Å². The zero-order chi connectivity index (χ0) is 15.1. The second kappa shape index (κ2) is 14.9. The first-order valence-corrected chi connectivity index (χ1v) is 6.23. The van der Waals surface area contributed by atoms with Crippen molar-refractivity contribution in [3.63, 3.8) is 0 Å². The van der Waals surface area contributed by atoms with E-state index in [4.69, 9.17) is 14.9 Å². The van der Waals surface area contributed by atoms with Crippen LogP contribution in [0.5, 0.6) is 0 Å². The molecule has 0 saturated carbocycles. The van der Waals surface area contributed by atoms with Gasteiger partial charge in [-0.15, -0.1) is 0 Å². The van der Waals surface area contributed by atoms with Gasteiger partial charge in [0.25, 0.3) is 0 Å². The van der Waals surface area contributed by atoms with Crippen molar-refractivity contribution in [2.24, 2.45) is 0 Å². The van der Waals surface area contributed by atoms with E-state index < -0.39 is 24.6 Å². The fraction of sp³-hybridized carbons (Fsp3) is 0.833. The molecule has 0 aliphatic heterocycles. The third kappa shape index (κ3) is 16.8. The SMILES string of the molecule is CCOC(=O)CC(=O)OC(O)CCO.CCOCC. The Morgan fingerprint density at radius 2 is 1.63 bits per heavy atom. The molecule has 7 nitrogen and oxygen atoms in total. The van der Waals surface area contributed by atoms with Gasteiger partial charge in [0.05, 0.1) is 6.61 Å². The Labute approximate surface area is 113 Å². The molecule has 0 aromatic heterocycles. The predicted octanol–water partition coefficient (Wildman–Crippen LogP) is 0.226. The Kier molecular flexibility index (Phi) is 15.8. The third-order valence-corrected chi connectivity index (χ3v) is 1.65. The van der Waals surface area contributed by atoms with E-state index in [1.165, 1.54) is 0 Å². The molecule has 1 atom stereocenters. The van der Waals surface area contributed by atoms with Crippen molar-refractivity contribution in [1.29, 1.82) is 0 Å². The van der Waals surface area contributed by atoms with E-state index in [1.807, 2.05) is 13.8 Å². The minimum absolute atomic E-state index is 0.0748. The summed E-state index contributed by atoms with van der Waals surface area (Å²) in [5.41, 5.74) is 0. The van der Waals surface area contributed by atoms with Gasteiger partial charge in [0.2, 0.25) is 6.29 Å². The molecule has 0 saturated heterocycles. The van der Waals surface area contributed by atoms with Gasteiger partial charge >= 0.3 is 11.9 Å². The van der Waals surface area contributed by atoms with Crippen LogP contribution in [0.2, 0.25) is 0 Å². The zero-order valence-corrected chi connectivity index (χ0v) is 11.8. The van der Waals surface area contributed by atoms with Gasteiger partial charge in [0, 0.05) is 26.2 Å². The number of carbonyl (C=O) groups is 2. The lowest BCUT2D eigenvalue weighted by atomic mass is 10.4. The molecule has 0 rings (SSSR count). The number of rotatable bonds is 8. The van der Waals surface area contributed by atoms with Gasteiger partial charge in [-0.3, -0.25) is 9.59 Å². The van der Waals surface area contributed by atoms with Crippen molar-refractivity contribution in [3.8, 4) is 0 Å². The number of aliphatic hydroxyl groups is 2. The Bertz CT molecular complexity index is 228. The van der Waals surface area contributed by atoms with Gasteiger partial charge < -0.3 is 24.4 Å². The van der Waals surface area contributed by atoms with E-state index >= 15 is 0 Å². The molecule has 7 heteroatoms. The molecule has 0 aromatic carbocycles. The molecular weight excluding hydrogens is 256 g/mol. The molecule has 0 radical (unpaired) electrons. The summed E-state index contributed by atoms with van der Waals surface area (Å²) >= 11 is 0. The first-order valence-electron chi connectivity index (χ1n) is 6.23. The molecule has 0 heterocycles. The van der Waals surface area contributed by atoms with Crippen molar-refractivity contribution >= 4 is 11.9 Å². The van der Waals surface area contributed by atoms with Crippen LogP contribution in [0.25, 0.3) is 0 Å². The van der Waals surface area contributed by atoms with Crippen LogP contribution in [0, 0.1) is 0 Å². The van der Waals surface area contributed by atoms with Gasteiger partial charge in [0.15, 0.2) is 0 Å². The highest BCUT2D eigenvalue weighted by molar-refractivity contribution is 5.91. The molecule has 114 valence electrons. The van der Waals surface area contributed by atoms with Gasteiger partial charge in [-0.25, -0.2) is 0 Å². The quantitative estimate of drug-likeness (QED) is 0.372. The summed E-state index contributed by atoms with van der Waals surface area (Å²) in [6.07, 6.45) is -1.98. The first kappa shape index (κ1) is 20.1. The number of esters is 2. The Morgan fingerprint density at radius 3 is 2.00 bits per heavy atom. The largest absolute Gasteiger partial charge is 0.466 e. The molecule has 19 heavy (non-hydrogen) atoms. The van der Waals surface area contributed by atoms with Crippen LogP contribution in [0.1, 0.15) is 33.6 Å². The highest BCUT2D eigenvalue weighted by atomic mass is 16.6. The summed E-state index contributed by atoms with van der Waals surface area (Å²) in [7, 11) is 0. The second-order valence-electron chi connectivity index (χ2n) is 3.22. The maximum absolute atomic E-state index is 10.8. The standard InChI is InChI=1S/C8H14O6.C4H10O/c1-2-13-7(11)5-8(12)14-6(10)3-4-9;1-3-5-4-2/h6,9-10H,2-5H2,1H3;3-4H2,1-2H3. The van der Waals surface area contributed by atoms with Crippen molar-refractivity contribution in [3.05, 3.63) is 0 Å². The van der Waals surface area contributed by atoms with Gasteiger partial charge in [-0.2, -0.15) is 0 Å². The van der Waals surface area contributed by atoms with Crippen molar-refractivity contribution < 1.29 is 34.0 Å². The summed E-state index contributed by atoms with van der Waals surface area (Å²) in [5, 5.41) is 17.3. The highest BCUT2D eigenvalue weighted by Crippen LogP contribution is 1.97. The average molecular weight is 280 g/mol. The van der Waals surface area contributed by atoms with Crippen LogP contribution in [-0.2, 0) is 23.8 Å². The van der Waals surface area contributed by atoms with E-state index in [2.05, 4.69) is 9.47 Å². The number of hydrogen-bond acceptors (Lipinski definition) is 7. The number of ether oxygens (including phenoxy) is 3. The maximum atomic E-state index is 10.8. The van der Waals surface area contributed by atoms with Gasteiger partial charge in [-0.1, -0.05) is 0 Å². The van der Waals surface area contributed by atoms with E-state index in [1.54, 1.807) is 6.92 Å². The summed E-state index contributed by atoms with van der Waals surface area (Å²) < 4.78 is 13.7. The molecule has 1 unspecified atom stereocenters. The predicted molar refractivity (Wildman–Crippen MR) is 67.2 cm³/mol. The molecule has 0 amide bonds. The molecule has 0 aromatic rings. The molecule has 0 bridgehead atoms. The van der Waals surface area contributed by atoms with Crippen molar-refractivity contribution in [2.75, 3.05) is 26.4 Å². The maximum Gasteiger partial charge on any atom is 0.319 e. The number of carbonyl (C=O) groups excluding carboxylic acids is 2. The van der Waals surface area contributed by atoms with E-state index in [-0.39, 0.29) is 19.6 Å². The van der Waals surface area contributed by atoms with Crippen molar-refractivity contribution in [2.45, 2.75) is 39.9 Å². The monoisotopic (exact) mass is 280 g/mol. The van der Waals surface area contributed by atoms with Crippen LogP contribution in [0.15, 0.2) is 0 Å². The second-order valence-corrected chi connectivity index (χ2v) is 3.22. The Balaban J connectivity index is 0. The van der Waals surface area contributed by atoms with Crippen molar-refractivity contribution in [1.82, 2.24) is 0 Å². The minimum Gasteiger partial charge on any atom is -0.466 e. The smallest absolute Gasteiger partial charge is 0.319 e. The summed E-state index contributed by atoms with van der Waals surface area (Å²) in [5.74, 6) is -1.57. The van der Waals surface area contributed by atoms with Gasteiger partial charge in [0.1, 0.15) is 6.42 Å². The lowest BCUT2D eigenvalue weighted by Gasteiger charge is -2.09. The molecule has 0 aliphatic carbocycles. The van der Waals surface area contributed by atoms with E-state index in [0.717, 1.165) is 13.2 Å². The fourth-order valence-corrected chi connectivity index (χ4v) is 0.897. The summed E-state index contributed by atoms with van der Waals surface area (Å²) in [6, 6.07) is 0. The summed E-state index contributed by atoms with van der Waals surface area (Å²) in [4.78, 5) is 21.6.